The summed E-state index contributed by atoms with van der Waals surface area (Å²) in [6, 6.07) is 26.4. The Morgan fingerprint density at radius 2 is 1.52 bits per heavy atom. The van der Waals surface area contributed by atoms with Gasteiger partial charge < -0.3 is 9.80 Å². The van der Waals surface area contributed by atoms with Crippen LogP contribution in [0.4, 0.5) is 5.82 Å². The second kappa shape index (κ2) is 8.63. The Balaban J connectivity index is 1.25. The van der Waals surface area contributed by atoms with E-state index in [1.54, 1.807) is 0 Å². The molecule has 154 valence electrons. The van der Waals surface area contributed by atoms with Gasteiger partial charge in [-0.05, 0) is 75.8 Å². The fraction of sp³-hybridized carbons (Fsp3) is 0.160. The average Bonchev–Trinajstić information content (AvgIpc) is 2.84. The Bertz CT molecular complexity index is 1220. The number of carbonyl (C=O) groups is 1. The molecule has 0 saturated carbocycles. The number of fused-ring (bicyclic) bond motifs is 1. The molecule has 5 rings (SSSR count). The Morgan fingerprint density at radius 3 is 2.23 bits per heavy atom. The molecule has 0 bridgehead atoms. The quantitative estimate of drug-likeness (QED) is 0.362. The molecule has 0 N–H and O–H groups in total. The van der Waals surface area contributed by atoms with Crippen molar-refractivity contribution in [3.8, 4) is 11.3 Å². The van der Waals surface area contributed by atoms with Crippen LogP contribution in [0, 0.1) is 3.57 Å². The van der Waals surface area contributed by atoms with Crippen molar-refractivity contribution in [1.82, 2.24) is 15.1 Å². The highest BCUT2D eigenvalue weighted by molar-refractivity contribution is 14.1. The zero-order valence-electron chi connectivity index (χ0n) is 16.9. The molecule has 0 aliphatic carbocycles. The molecule has 0 atom stereocenters. The van der Waals surface area contributed by atoms with Gasteiger partial charge in [-0.1, -0.05) is 36.4 Å². The Hall–Kier alpha value is -3.00. The number of benzene rings is 3. The molecule has 4 aromatic rings. The number of piperazine rings is 1. The first kappa shape index (κ1) is 19.9. The maximum absolute atomic E-state index is 12.7. The van der Waals surface area contributed by atoms with E-state index in [0.29, 0.717) is 13.1 Å². The maximum Gasteiger partial charge on any atom is 0.253 e. The number of anilines is 1. The fourth-order valence-electron chi connectivity index (χ4n) is 3.91. The number of halogens is 1. The highest BCUT2D eigenvalue weighted by Gasteiger charge is 2.23. The molecule has 1 saturated heterocycles. The number of nitrogens with zero attached hydrogens (tertiary/aromatic N) is 4. The number of hydrogen-bond donors (Lipinski definition) is 0. The third-order valence-corrected chi connectivity index (χ3v) is 6.40. The smallest absolute Gasteiger partial charge is 0.253 e. The first-order chi connectivity index (χ1) is 15.2. The second-order valence-electron chi connectivity index (χ2n) is 7.62. The lowest BCUT2D eigenvalue weighted by Crippen LogP contribution is -2.49. The first-order valence-electron chi connectivity index (χ1n) is 10.3. The molecule has 0 radical (unpaired) electrons. The normalized spacial score (nSPS) is 14.1. The van der Waals surface area contributed by atoms with Crippen molar-refractivity contribution in [2.75, 3.05) is 31.1 Å². The topological polar surface area (TPSA) is 49.3 Å². The van der Waals surface area contributed by atoms with Crippen LogP contribution in [-0.4, -0.2) is 47.2 Å². The van der Waals surface area contributed by atoms with E-state index >= 15 is 0 Å². The first-order valence-corrected chi connectivity index (χ1v) is 11.4. The summed E-state index contributed by atoms with van der Waals surface area (Å²) in [5, 5.41) is 11.3. The third-order valence-electron chi connectivity index (χ3n) is 5.68. The monoisotopic (exact) mass is 520 g/mol. The summed E-state index contributed by atoms with van der Waals surface area (Å²) in [5.41, 5.74) is 2.67. The molecular weight excluding hydrogens is 499 g/mol. The van der Waals surface area contributed by atoms with Gasteiger partial charge in [-0.25, -0.2) is 0 Å². The molecule has 1 amide bonds. The third kappa shape index (κ3) is 4.25. The van der Waals surface area contributed by atoms with E-state index in [1.165, 1.54) is 10.8 Å². The summed E-state index contributed by atoms with van der Waals surface area (Å²) in [4.78, 5) is 16.8. The predicted octanol–water partition coefficient (Wildman–Crippen LogP) is 4.86. The molecular formula is C25H21IN4O. The number of aromatic nitrogens is 2. The van der Waals surface area contributed by atoms with Crippen LogP contribution in [0.3, 0.4) is 0 Å². The van der Waals surface area contributed by atoms with E-state index in [0.717, 1.165) is 39.3 Å². The van der Waals surface area contributed by atoms with Crippen LogP contribution in [0.1, 0.15) is 10.4 Å². The van der Waals surface area contributed by atoms with Gasteiger partial charge in [0.15, 0.2) is 5.82 Å². The summed E-state index contributed by atoms with van der Waals surface area (Å²) in [7, 11) is 0. The van der Waals surface area contributed by atoms with Gasteiger partial charge in [-0.3, -0.25) is 4.79 Å². The summed E-state index contributed by atoms with van der Waals surface area (Å²) in [6.07, 6.45) is 0. The van der Waals surface area contributed by atoms with Crippen molar-refractivity contribution in [2.24, 2.45) is 0 Å². The molecule has 2 heterocycles. The predicted molar refractivity (Wildman–Crippen MR) is 132 cm³/mol. The van der Waals surface area contributed by atoms with E-state index in [1.807, 2.05) is 53.4 Å². The molecule has 6 heteroatoms. The Morgan fingerprint density at radius 1 is 0.774 bits per heavy atom. The van der Waals surface area contributed by atoms with E-state index < -0.39 is 0 Å². The van der Waals surface area contributed by atoms with E-state index in [-0.39, 0.29) is 5.91 Å². The fourth-order valence-corrected chi connectivity index (χ4v) is 4.27. The molecule has 0 unspecified atom stereocenters. The van der Waals surface area contributed by atoms with Crippen LogP contribution in [0.25, 0.3) is 22.0 Å². The molecule has 1 aromatic heterocycles. The minimum atomic E-state index is 0.0915. The van der Waals surface area contributed by atoms with Crippen molar-refractivity contribution >= 4 is 45.1 Å². The van der Waals surface area contributed by atoms with Gasteiger partial charge in [0.2, 0.25) is 0 Å². The number of amides is 1. The van der Waals surface area contributed by atoms with Crippen molar-refractivity contribution in [3.63, 3.8) is 0 Å². The zero-order chi connectivity index (χ0) is 21.2. The van der Waals surface area contributed by atoms with Crippen molar-refractivity contribution < 1.29 is 4.79 Å². The van der Waals surface area contributed by atoms with Gasteiger partial charge >= 0.3 is 0 Å². The van der Waals surface area contributed by atoms with Crippen LogP contribution < -0.4 is 4.90 Å². The molecule has 0 spiro atoms. The summed E-state index contributed by atoms with van der Waals surface area (Å²) in [5.74, 6) is 0.944. The van der Waals surface area contributed by atoms with Gasteiger partial charge in [-0.2, -0.15) is 0 Å². The van der Waals surface area contributed by atoms with Crippen LogP contribution in [0.5, 0.6) is 0 Å². The van der Waals surface area contributed by atoms with Gasteiger partial charge in [-0.15, -0.1) is 10.2 Å². The average molecular weight is 520 g/mol. The van der Waals surface area contributed by atoms with Crippen LogP contribution >= 0.6 is 22.6 Å². The maximum atomic E-state index is 12.7. The van der Waals surface area contributed by atoms with Gasteiger partial charge in [0.05, 0.1) is 5.69 Å². The highest BCUT2D eigenvalue weighted by Crippen LogP contribution is 2.24. The van der Waals surface area contributed by atoms with E-state index in [9.17, 15) is 4.79 Å². The van der Waals surface area contributed by atoms with E-state index in [4.69, 9.17) is 0 Å². The van der Waals surface area contributed by atoms with Crippen LogP contribution in [-0.2, 0) is 0 Å². The molecule has 1 aliphatic rings. The van der Waals surface area contributed by atoms with Gasteiger partial charge in [0, 0.05) is 40.9 Å². The minimum Gasteiger partial charge on any atom is -0.352 e. The van der Waals surface area contributed by atoms with Crippen LogP contribution in [0.15, 0.2) is 78.9 Å². The number of carbonyl (C=O) groups excluding carboxylic acids is 1. The van der Waals surface area contributed by atoms with Crippen molar-refractivity contribution in [3.05, 3.63) is 88.0 Å². The van der Waals surface area contributed by atoms with Gasteiger partial charge in [0.1, 0.15) is 0 Å². The lowest BCUT2D eigenvalue weighted by Gasteiger charge is -2.35. The number of hydrogen-bond acceptors (Lipinski definition) is 4. The standard InChI is InChI=1S/C25H21IN4O/c26-22-9-7-19(8-10-22)25(31)30-15-13-29(14-16-30)24-12-11-23(27-28-24)21-6-5-18-3-1-2-4-20(18)17-21/h1-12,17H,13-16H2. The SMILES string of the molecule is O=C(c1ccc(I)cc1)N1CCN(c2ccc(-c3ccc4ccccc4c3)nn2)CC1. The Labute approximate surface area is 194 Å². The lowest BCUT2D eigenvalue weighted by molar-refractivity contribution is 0.0746. The minimum absolute atomic E-state index is 0.0915. The second-order valence-corrected chi connectivity index (χ2v) is 8.87. The largest absolute Gasteiger partial charge is 0.352 e. The molecule has 5 nitrogen and oxygen atoms in total. The summed E-state index contributed by atoms with van der Waals surface area (Å²) in [6.45, 7) is 2.86. The summed E-state index contributed by atoms with van der Waals surface area (Å²) < 4.78 is 1.13. The molecule has 31 heavy (non-hydrogen) atoms. The van der Waals surface area contributed by atoms with Crippen molar-refractivity contribution in [1.29, 1.82) is 0 Å². The molecule has 1 fully saturated rings. The van der Waals surface area contributed by atoms with Crippen LogP contribution in [0.2, 0.25) is 0 Å². The summed E-state index contributed by atoms with van der Waals surface area (Å²) >= 11 is 2.25. The zero-order valence-corrected chi connectivity index (χ0v) is 19.1. The number of rotatable bonds is 3. The lowest BCUT2D eigenvalue weighted by atomic mass is 10.1. The molecule has 3 aromatic carbocycles. The highest BCUT2D eigenvalue weighted by atomic mass is 127. The van der Waals surface area contributed by atoms with E-state index in [2.05, 4.69) is 68.0 Å². The van der Waals surface area contributed by atoms with Crippen molar-refractivity contribution in [2.45, 2.75) is 0 Å². The van der Waals surface area contributed by atoms with Gasteiger partial charge in [0.25, 0.3) is 5.91 Å². The Kier molecular flexibility index (Phi) is 5.55. The molecule has 1 aliphatic heterocycles.